The summed E-state index contributed by atoms with van der Waals surface area (Å²) in [6.45, 7) is 0. The highest BCUT2D eigenvalue weighted by molar-refractivity contribution is 7.14. The number of amides is 1. The SMILES string of the molecule is COc1ccc(-c2csc(NC(=O)c3cccc(-n4[nH]c(=O)ccc4=O)c3)n2)cc1F. The van der Waals surface area contributed by atoms with E-state index in [-0.39, 0.29) is 11.3 Å². The molecule has 2 N–H and O–H groups in total. The average Bonchev–Trinajstić information content (AvgIpc) is 3.24. The lowest BCUT2D eigenvalue weighted by atomic mass is 10.1. The Balaban J connectivity index is 1.56. The van der Waals surface area contributed by atoms with Crippen LogP contribution in [0.25, 0.3) is 16.9 Å². The van der Waals surface area contributed by atoms with Crippen LogP contribution in [0.1, 0.15) is 10.4 Å². The Bertz CT molecular complexity index is 1390. The van der Waals surface area contributed by atoms with Crippen LogP contribution in [0.5, 0.6) is 5.75 Å². The van der Waals surface area contributed by atoms with Crippen LogP contribution in [0.2, 0.25) is 0 Å². The zero-order valence-electron chi connectivity index (χ0n) is 16.1. The third-order valence-electron chi connectivity index (χ3n) is 4.36. The number of carbonyl (C=O) groups is 1. The van der Waals surface area contributed by atoms with E-state index in [0.717, 1.165) is 16.8 Å². The van der Waals surface area contributed by atoms with E-state index in [0.29, 0.717) is 22.1 Å². The number of anilines is 1. The van der Waals surface area contributed by atoms with Crippen LogP contribution in [-0.4, -0.2) is 27.8 Å². The van der Waals surface area contributed by atoms with Crippen molar-refractivity contribution in [3.63, 3.8) is 0 Å². The van der Waals surface area contributed by atoms with E-state index < -0.39 is 22.8 Å². The van der Waals surface area contributed by atoms with Crippen molar-refractivity contribution in [1.29, 1.82) is 0 Å². The van der Waals surface area contributed by atoms with Crippen LogP contribution in [0.15, 0.2) is 69.6 Å². The lowest BCUT2D eigenvalue weighted by Gasteiger charge is -2.07. The van der Waals surface area contributed by atoms with E-state index in [2.05, 4.69) is 15.4 Å². The number of thiazole rings is 1. The molecule has 0 aliphatic carbocycles. The fourth-order valence-corrected chi connectivity index (χ4v) is 3.58. The number of halogens is 1. The van der Waals surface area contributed by atoms with Gasteiger partial charge in [0, 0.05) is 28.6 Å². The minimum atomic E-state index is -0.510. The molecular formula is C21H15FN4O4S. The summed E-state index contributed by atoms with van der Waals surface area (Å²) in [5, 5.41) is 7.11. The van der Waals surface area contributed by atoms with Crippen molar-refractivity contribution < 1.29 is 13.9 Å². The van der Waals surface area contributed by atoms with Crippen molar-refractivity contribution in [3.8, 4) is 22.7 Å². The van der Waals surface area contributed by atoms with Crippen molar-refractivity contribution in [2.45, 2.75) is 0 Å². The van der Waals surface area contributed by atoms with Gasteiger partial charge in [0.25, 0.3) is 17.0 Å². The number of rotatable bonds is 5. The topological polar surface area (TPSA) is 106 Å². The van der Waals surface area contributed by atoms with E-state index in [4.69, 9.17) is 4.74 Å². The van der Waals surface area contributed by atoms with Crippen LogP contribution in [0, 0.1) is 5.82 Å². The Morgan fingerprint density at radius 1 is 1.16 bits per heavy atom. The van der Waals surface area contributed by atoms with Gasteiger partial charge in [-0.25, -0.2) is 14.1 Å². The predicted molar refractivity (Wildman–Crippen MR) is 115 cm³/mol. The molecule has 0 atom stereocenters. The second kappa shape index (κ2) is 8.36. The Morgan fingerprint density at radius 2 is 2.00 bits per heavy atom. The monoisotopic (exact) mass is 438 g/mol. The van der Waals surface area contributed by atoms with Gasteiger partial charge in [0.15, 0.2) is 16.7 Å². The summed E-state index contributed by atoms with van der Waals surface area (Å²) < 4.78 is 19.9. The first kappa shape index (κ1) is 20.2. The highest BCUT2D eigenvalue weighted by atomic mass is 32.1. The molecule has 0 radical (unpaired) electrons. The summed E-state index contributed by atoms with van der Waals surface area (Å²) >= 11 is 1.19. The average molecular weight is 438 g/mol. The first-order chi connectivity index (χ1) is 14.9. The van der Waals surface area contributed by atoms with Gasteiger partial charge in [-0.05, 0) is 36.4 Å². The highest BCUT2D eigenvalue weighted by Crippen LogP contribution is 2.28. The van der Waals surface area contributed by atoms with Gasteiger partial charge in [-0.2, -0.15) is 0 Å². The zero-order valence-corrected chi connectivity index (χ0v) is 16.9. The van der Waals surface area contributed by atoms with E-state index >= 15 is 0 Å². The Kier molecular flexibility index (Phi) is 5.46. The third-order valence-corrected chi connectivity index (χ3v) is 5.12. The van der Waals surface area contributed by atoms with Gasteiger partial charge in [0.05, 0.1) is 18.5 Å². The number of carbonyl (C=O) groups excluding carboxylic acids is 1. The third kappa shape index (κ3) is 4.28. The first-order valence-corrected chi connectivity index (χ1v) is 9.86. The number of methoxy groups -OCH3 is 1. The molecule has 4 aromatic rings. The molecule has 0 unspecified atom stereocenters. The lowest BCUT2D eigenvalue weighted by Crippen LogP contribution is -2.26. The maximum atomic E-state index is 13.9. The molecule has 0 aliphatic heterocycles. The van der Waals surface area contributed by atoms with Crippen LogP contribution in [0.3, 0.4) is 0 Å². The van der Waals surface area contributed by atoms with Gasteiger partial charge in [-0.15, -0.1) is 11.3 Å². The maximum Gasteiger partial charge on any atom is 0.269 e. The van der Waals surface area contributed by atoms with Crippen molar-refractivity contribution >= 4 is 22.4 Å². The van der Waals surface area contributed by atoms with Crippen LogP contribution >= 0.6 is 11.3 Å². The van der Waals surface area contributed by atoms with E-state index in [1.165, 1.54) is 36.6 Å². The standard InChI is InChI=1S/C21H15FN4O4S/c1-30-17-6-5-12(10-15(17)22)16-11-31-21(23-16)24-20(29)13-3-2-4-14(9-13)26-19(28)8-7-18(27)25-26/h2-11H,1H3,(H,25,27)(H,23,24,29). The molecular weight excluding hydrogens is 423 g/mol. The Morgan fingerprint density at radius 3 is 2.77 bits per heavy atom. The van der Waals surface area contributed by atoms with E-state index in [1.54, 1.807) is 29.6 Å². The number of H-pyrrole nitrogens is 1. The van der Waals surface area contributed by atoms with Crippen LogP contribution in [0.4, 0.5) is 9.52 Å². The van der Waals surface area contributed by atoms with Gasteiger partial charge in [0.2, 0.25) is 0 Å². The lowest BCUT2D eigenvalue weighted by molar-refractivity contribution is 0.102. The Hall–Kier alpha value is -4.05. The van der Waals surface area contributed by atoms with Crippen LogP contribution < -0.4 is 21.2 Å². The van der Waals surface area contributed by atoms with Crippen molar-refractivity contribution in [1.82, 2.24) is 14.8 Å². The molecule has 2 aromatic heterocycles. The maximum absolute atomic E-state index is 13.9. The first-order valence-electron chi connectivity index (χ1n) is 8.98. The molecule has 0 spiro atoms. The summed E-state index contributed by atoms with van der Waals surface area (Å²) in [6, 6.07) is 13.0. The normalized spacial score (nSPS) is 10.6. The largest absolute Gasteiger partial charge is 0.494 e. The van der Waals surface area contributed by atoms with E-state index in [9.17, 15) is 18.8 Å². The molecule has 4 rings (SSSR count). The summed E-state index contributed by atoms with van der Waals surface area (Å²) in [6.07, 6.45) is 0. The number of nitrogens with zero attached hydrogens (tertiary/aromatic N) is 2. The minimum absolute atomic E-state index is 0.131. The number of hydrogen-bond donors (Lipinski definition) is 2. The van der Waals surface area contributed by atoms with Crippen molar-refractivity contribution in [2.24, 2.45) is 0 Å². The predicted octanol–water partition coefficient (Wildman–Crippen LogP) is 3.05. The Labute approximate surface area is 178 Å². The number of hydrogen-bond acceptors (Lipinski definition) is 6. The smallest absolute Gasteiger partial charge is 0.269 e. The molecule has 10 heteroatoms. The van der Waals surface area contributed by atoms with Crippen molar-refractivity contribution in [2.75, 3.05) is 12.4 Å². The molecule has 8 nitrogen and oxygen atoms in total. The van der Waals surface area contributed by atoms with E-state index in [1.807, 2.05) is 0 Å². The van der Waals surface area contributed by atoms with Gasteiger partial charge < -0.3 is 4.74 Å². The summed E-state index contributed by atoms with van der Waals surface area (Å²) in [7, 11) is 1.38. The summed E-state index contributed by atoms with van der Waals surface area (Å²) in [4.78, 5) is 40.5. The van der Waals surface area contributed by atoms with Gasteiger partial charge in [-0.1, -0.05) is 6.07 Å². The summed E-state index contributed by atoms with van der Waals surface area (Å²) in [5.74, 6) is -0.828. The van der Waals surface area contributed by atoms with Crippen LogP contribution in [-0.2, 0) is 0 Å². The van der Waals surface area contributed by atoms with Gasteiger partial charge in [-0.3, -0.25) is 24.8 Å². The number of aromatic nitrogens is 3. The minimum Gasteiger partial charge on any atom is -0.494 e. The van der Waals surface area contributed by atoms with Crippen molar-refractivity contribution in [3.05, 3.63) is 92.1 Å². The molecule has 0 fully saturated rings. The second-order valence-corrected chi connectivity index (χ2v) is 7.23. The highest BCUT2D eigenvalue weighted by Gasteiger charge is 2.13. The molecule has 0 saturated heterocycles. The number of benzene rings is 2. The number of ether oxygens (including phenoxy) is 1. The second-order valence-electron chi connectivity index (χ2n) is 6.37. The fraction of sp³-hybridized carbons (Fsp3) is 0.0476. The quantitative estimate of drug-likeness (QED) is 0.498. The molecule has 0 aliphatic rings. The number of nitrogens with one attached hydrogen (secondary N) is 2. The molecule has 31 heavy (non-hydrogen) atoms. The molecule has 2 heterocycles. The molecule has 0 bridgehead atoms. The molecule has 0 saturated carbocycles. The number of aromatic amines is 1. The zero-order chi connectivity index (χ0) is 22.0. The summed E-state index contributed by atoms with van der Waals surface area (Å²) in [5.41, 5.74) is 0.770. The van der Waals surface area contributed by atoms with Gasteiger partial charge >= 0.3 is 0 Å². The molecule has 1 amide bonds. The molecule has 2 aromatic carbocycles. The fourth-order valence-electron chi connectivity index (χ4n) is 2.86. The van der Waals surface area contributed by atoms with Gasteiger partial charge in [0.1, 0.15) is 0 Å². The molecule has 156 valence electrons.